The molecule has 140 valence electrons. The standard InChI is InChI=1S/C24H28N2O/c1-16-7-8-22-20(11-16)21-13-18-15-25(2)10-9-24(18,14-23(21)26(22)3)17-5-4-6-19(27)12-17/h4-8,11-12,18,27H,9-10,13-15H2,1-3H3. The summed E-state index contributed by atoms with van der Waals surface area (Å²) in [5.41, 5.74) is 7.15. The van der Waals surface area contributed by atoms with Gasteiger partial charge in [0.2, 0.25) is 0 Å². The number of aromatic nitrogens is 1. The average molecular weight is 361 g/mol. The Labute approximate surface area is 161 Å². The van der Waals surface area contributed by atoms with Crippen molar-refractivity contribution < 1.29 is 5.11 Å². The van der Waals surface area contributed by atoms with Crippen molar-refractivity contribution in [1.82, 2.24) is 9.47 Å². The highest BCUT2D eigenvalue weighted by molar-refractivity contribution is 5.86. The third kappa shape index (κ3) is 2.45. The van der Waals surface area contributed by atoms with E-state index in [1.165, 1.54) is 27.7 Å². The second kappa shape index (κ2) is 5.87. The summed E-state index contributed by atoms with van der Waals surface area (Å²) >= 11 is 0. The molecular weight excluding hydrogens is 332 g/mol. The summed E-state index contributed by atoms with van der Waals surface area (Å²) in [7, 11) is 4.47. The van der Waals surface area contributed by atoms with Crippen molar-refractivity contribution in [3.05, 3.63) is 64.8 Å². The molecule has 0 spiro atoms. The van der Waals surface area contributed by atoms with Gasteiger partial charge in [0, 0.05) is 35.6 Å². The zero-order valence-electron chi connectivity index (χ0n) is 16.5. The first-order valence-electron chi connectivity index (χ1n) is 10.0. The third-order valence-corrected chi connectivity index (χ3v) is 7.20. The number of benzene rings is 2. The van der Waals surface area contributed by atoms with E-state index in [2.05, 4.69) is 54.8 Å². The van der Waals surface area contributed by atoms with E-state index in [-0.39, 0.29) is 5.41 Å². The van der Waals surface area contributed by atoms with Gasteiger partial charge >= 0.3 is 0 Å². The second-order valence-corrected chi connectivity index (χ2v) is 8.80. The Hall–Kier alpha value is -2.26. The molecule has 1 saturated heterocycles. The number of hydrogen-bond donors (Lipinski definition) is 1. The lowest BCUT2D eigenvalue weighted by Gasteiger charge is -2.50. The number of phenolic OH excluding ortho intramolecular Hbond substituents is 1. The molecule has 27 heavy (non-hydrogen) atoms. The Kier molecular flexibility index (Phi) is 3.67. The molecule has 2 unspecified atom stereocenters. The Bertz CT molecular complexity index is 1030. The molecule has 2 heterocycles. The maximum Gasteiger partial charge on any atom is 0.115 e. The number of likely N-dealkylation sites (tertiary alicyclic amines) is 1. The molecule has 0 saturated carbocycles. The Morgan fingerprint density at radius 3 is 2.78 bits per heavy atom. The van der Waals surface area contributed by atoms with Gasteiger partial charge in [-0.2, -0.15) is 0 Å². The number of nitrogens with zero attached hydrogens (tertiary/aromatic N) is 2. The number of hydrogen-bond acceptors (Lipinski definition) is 2. The quantitative estimate of drug-likeness (QED) is 0.705. The molecule has 1 aromatic heterocycles. The Morgan fingerprint density at radius 2 is 1.96 bits per heavy atom. The van der Waals surface area contributed by atoms with E-state index in [0.29, 0.717) is 11.7 Å². The lowest BCUT2D eigenvalue weighted by atomic mass is 9.59. The third-order valence-electron chi connectivity index (χ3n) is 7.20. The van der Waals surface area contributed by atoms with Crippen LogP contribution in [0.25, 0.3) is 10.9 Å². The fraction of sp³-hybridized carbons (Fsp3) is 0.417. The summed E-state index contributed by atoms with van der Waals surface area (Å²) in [6, 6.07) is 14.9. The minimum Gasteiger partial charge on any atom is -0.508 e. The lowest BCUT2D eigenvalue weighted by molar-refractivity contribution is 0.0985. The van der Waals surface area contributed by atoms with Crippen LogP contribution in [0, 0.1) is 12.8 Å². The van der Waals surface area contributed by atoms with Gasteiger partial charge in [-0.05, 0) is 81.1 Å². The fourth-order valence-electron chi connectivity index (χ4n) is 5.71. The maximum absolute atomic E-state index is 10.2. The van der Waals surface area contributed by atoms with Gasteiger partial charge in [-0.1, -0.05) is 23.8 Å². The van der Waals surface area contributed by atoms with E-state index in [0.717, 1.165) is 32.4 Å². The lowest BCUT2D eigenvalue weighted by Crippen LogP contribution is -2.52. The van der Waals surface area contributed by atoms with Crippen LogP contribution >= 0.6 is 0 Å². The Morgan fingerprint density at radius 1 is 1.11 bits per heavy atom. The van der Waals surface area contributed by atoms with Crippen molar-refractivity contribution in [3.63, 3.8) is 0 Å². The normalized spacial score (nSPS) is 25.4. The molecule has 5 rings (SSSR count). The monoisotopic (exact) mass is 360 g/mol. The number of aromatic hydroxyl groups is 1. The van der Waals surface area contributed by atoms with Gasteiger partial charge in [0.05, 0.1) is 0 Å². The zero-order chi connectivity index (χ0) is 18.8. The molecule has 2 aromatic carbocycles. The number of phenols is 1. The summed E-state index contributed by atoms with van der Waals surface area (Å²) in [6.45, 7) is 4.43. The molecule has 1 fully saturated rings. The van der Waals surface area contributed by atoms with Crippen LogP contribution in [0.3, 0.4) is 0 Å². The number of piperidine rings is 1. The zero-order valence-corrected chi connectivity index (χ0v) is 16.5. The molecule has 0 amide bonds. The molecule has 3 aromatic rings. The molecule has 3 heteroatoms. The molecule has 1 aliphatic heterocycles. The van der Waals surface area contributed by atoms with Crippen molar-refractivity contribution >= 4 is 10.9 Å². The Balaban J connectivity index is 1.72. The van der Waals surface area contributed by atoms with Crippen molar-refractivity contribution in [2.24, 2.45) is 13.0 Å². The molecule has 1 aliphatic carbocycles. The summed E-state index contributed by atoms with van der Waals surface area (Å²) < 4.78 is 2.42. The molecule has 0 radical (unpaired) electrons. The van der Waals surface area contributed by atoms with Crippen LogP contribution in [0.4, 0.5) is 0 Å². The van der Waals surface area contributed by atoms with Crippen LogP contribution in [0.1, 0.15) is 28.8 Å². The second-order valence-electron chi connectivity index (χ2n) is 8.80. The van der Waals surface area contributed by atoms with Crippen molar-refractivity contribution in [1.29, 1.82) is 0 Å². The molecule has 2 aliphatic rings. The van der Waals surface area contributed by atoms with Gasteiger partial charge in [-0.15, -0.1) is 0 Å². The van der Waals surface area contributed by atoms with E-state index in [4.69, 9.17) is 0 Å². The summed E-state index contributed by atoms with van der Waals surface area (Å²) in [5.74, 6) is 0.967. The van der Waals surface area contributed by atoms with Crippen LogP contribution < -0.4 is 0 Å². The van der Waals surface area contributed by atoms with Crippen LogP contribution in [0.15, 0.2) is 42.5 Å². The van der Waals surface area contributed by atoms with Gasteiger partial charge in [-0.25, -0.2) is 0 Å². The predicted octanol–water partition coefficient (Wildman–Crippen LogP) is 4.18. The first-order valence-corrected chi connectivity index (χ1v) is 10.0. The summed E-state index contributed by atoms with van der Waals surface area (Å²) in [4.78, 5) is 2.48. The van der Waals surface area contributed by atoms with E-state index in [1.54, 1.807) is 11.6 Å². The van der Waals surface area contributed by atoms with Crippen LogP contribution in [0.2, 0.25) is 0 Å². The fourth-order valence-corrected chi connectivity index (χ4v) is 5.71. The first-order chi connectivity index (χ1) is 13.0. The molecule has 3 nitrogen and oxygen atoms in total. The van der Waals surface area contributed by atoms with Crippen LogP contribution in [-0.4, -0.2) is 34.7 Å². The molecule has 1 N–H and O–H groups in total. The van der Waals surface area contributed by atoms with E-state index in [9.17, 15) is 5.11 Å². The molecule has 0 bridgehead atoms. The topological polar surface area (TPSA) is 28.4 Å². The maximum atomic E-state index is 10.2. The highest BCUT2D eigenvalue weighted by Gasteiger charge is 2.48. The van der Waals surface area contributed by atoms with E-state index < -0.39 is 0 Å². The van der Waals surface area contributed by atoms with E-state index in [1.807, 2.05) is 12.1 Å². The first kappa shape index (κ1) is 16.9. The van der Waals surface area contributed by atoms with Crippen LogP contribution in [0.5, 0.6) is 5.75 Å². The summed E-state index contributed by atoms with van der Waals surface area (Å²) in [6.07, 6.45) is 3.34. The van der Waals surface area contributed by atoms with Gasteiger partial charge in [0.25, 0.3) is 0 Å². The average Bonchev–Trinajstić information content (AvgIpc) is 2.91. The van der Waals surface area contributed by atoms with Crippen molar-refractivity contribution in [2.75, 3.05) is 20.1 Å². The summed E-state index contributed by atoms with van der Waals surface area (Å²) in [5, 5.41) is 11.6. The van der Waals surface area contributed by atoms with Crippen molar-refractivity contribution in [3.8, 4) is 5.75 Å². The number of fused-ring (bicyclic) bond motifs is 4. The number of rotatable bonds is 1. The van der Waals surface area contributed by atoms with Gasteiger partial charge in [0.15, 0.2) is 0 Å². The smallest absolute Gasteiger partial charge is 0.115 e. The number of aryl methyl sites for hydroxylation is 2. The van der Waals surface area contributed by atoms with Gasteiger partial charge < -0.3 is 14.6 Å². The minimum atomic E-state index is 0.120. The van der Waals surface area contributed by atoms with Crippen LogP contribution in [-0.2, 0) is 25.3 Å². The highest BCUT2D eigenvalue weighted by atomic mass is 16.3. The predicted molar refractivity (Wildman–Crippen MR) is 110 cm³/mol. The molecular formula is C24H28N2O. The van der Waals surface area contributed by atoms with E-state index >= 15 is 0 Å². The van der Waals surface area contributed by atoms with Crippen molar-refractivity contribution in [2.45, 2.75) is 31.6 Å². The largest absolute Gasteiger partial charge is 0.508 e. The highest BCUT2D eigenvalue weighted by Crippen LogP contribution is 2.49. The van der Waals surface area contributed by atoms with Gasteiger partial charge in [-0.3, -0.25) is 0 Å². The van der Waals surface area contributed by atoms with Gasteiger partial charge in [0.1, 0.15) is 5.75 Å². The SMILES string of the molecule is Cc1ccc2c(c1)c1c(n2C)CC2(c3cccc(O)c3)CCN(C)CC2C1. The molecule has 2 atom stereocenters. The minimum absolute atomic E-state index is 0.120.